The monoisotopic (exact) mass is 303 g/mol. The van der Waals surface area contributed by atoms with Crippen molar-refractivity contribution in [2.45, 2.75) is 24.3 Å². The van der Waals surface area contributed by atoms with Gasteiger partial charge in [0.05, 0.1) is 10.5 Å². The van der Waals surface area contributed by atoms with E-state index in [0.29, 0.717) is 0 Å². The van der Waals surface area contributed by atoms with E-state index in [-0.39, 0.29) is 17.2 Å². The molecule has 1 rings (SSSR count). The van der Waals surface area contributed by atoms with Crippen LogP contribution in [0, 0.1) is 0 Å². The average molecular weight is 303 g/mol. The van der Waals surface area contributed by atoms with E-state index in [4.69, 9.17) is 9.84 Å². The van der Waals surface area contributed by atoms with E-state index in [9.17, 15) is 18.3 Å². The number of sulfonamides is 1. The molecule has 1 aromatic carbocycles. The van der Waals surface area contributed by atoms with Crippen molar-refractivity contribution in [1.29, 1.82) is 0 Å². The lowest BCUT2D eigenvalue weighted by Crippen LogP contribution is -2.38. The summed E-state index contributed by atoms with van der Waals surface area (Å²) in [6.07, 6.45) is 0. The Bertz CT molecular complexity index is 559. The molecule has 0 bridgehead atoms. The Morgan fingerprint density at radius 3 is 2.30 bits per heavy atom. The summed E-state index contributed by atoms with van der Waals surface area (Å²) in [5.74, 6) is -0.859. The summed E-state index contributed by atoms with van der Waals surface area (Å²) >= 11 is 0. The Hall–Kier alpha value is -1.64. The summed E-state index contributed by atoms with van der Waals surface area (Å²) < 4.78 is 31.0. The molecule has 112 valence electrons. The first-order chi connectivity index (χ1) is 9.10. The molecular weight excluding hydrogens is 286 g/mol. The Morgan fingerprint density at radius 2 is 1.85 bits per heavy atom. The highest BCUT2D eigenvalue weighted by molar-refractivity contribution is 7.89. The molecule has 0 heterocycles. The van der Waals surface area contributed by atoms with Crippen molar-refractivity contribution in [2.24, 2.45) is 0 Å². The maximum absolute atomic E-state index is 11.9. The summed E-state index contributed by atoms with van der Waals surface area (Å²) in [6, 6.07) is 5.32. The molecule has 0 aliphatic heterocycles. The largest absolute Gasteiger partial charge is 0.482 e. The highest BCUT2D eigenvalue weighted by Gasteiger charge is 2.19. The van der Waals surface area contributed by atoms with Crippen molar-refractivity contribution < 1.29 is 28.2 Å². The fourth-order valence-corrected chi connectivity index (χ4v) is 2.42. The Labute approximate surface area is 117 Å². The summed E-state index contributed by atoms with van der Waals surface area (Å²) in [7, 11) is -3.72. The number of carboxylic acids is 1. The predicted octanol–water partition coefficient (Wildman–Crippen LogP) is 0.199. The molecule has 7 nitrogen and oxygen atoms in total. The van der Waals surface area contributed by atoms with E-state index in [1.54, 1.807) is 0 Å². The van der Waals surface area contributed by atoms with Crippen LogP contribution in [0.15, 0.2) is 29.2 Å². The van der Waals surface area contributed by atoms with Gasteiger partial charge in [-0.3, -0.25) is 0 Å². The van der Waals surface area contributed by atoms with Gasteiger partial charge in [-0.15, -0.1) is 0 Å². The third-order valence-electron chi connectivity index (χ3n) is 2.19. The fraction of sp³-hybridized carbons (Fsp3) is 0.417. The van der Waals surface area contributed by atoms with E-state index in [0.717, 1.165) is 0 Å². The topological polar surface area (TPSA) is 113 Å². The van der Waals surface area contributed by atoms with Crippen LogP contribution in [0.2, 0.25) is 0 Å². The van der Waals surface area contributed by atoms with Gasteiger partial charge in [0.25, 0.3) is 0 Å². The van der Waals surface area contributed by atoms with Gasteiger partial charge in [0, 0.05) is 6.54 Å². The molecule has 0 aliphatic carbocycles. The highest BCUT2D eigenvalue weighted by Crippen LogP contribution is 2.16. The Morgan fingerprint density at radius 1 is 1.30 bits per heavy atom. The fourth-order valence-electron chi connectivity index (χ4n) is 1.22. The molecule has 1 aromatic rings. The number of carboxylic acid groups (broad SMARTS) is 1. The zero-order chi connectivity index (χ0) is 15.4. The minimum absolute atomic E-state index is 0.00410. The number of hydrogen-bond donors (Lipinski definition) is 3. The molecule has 0 atom stereocenters. The van der Waals surface area contributed by atoms with Gasteiger partial charge < -0.3 is 14.9 Å². The van der Waals surface area contributed by atoms with Crippen molar-refractivity contribution in [3.8, 4) is 5.75 Å². The number of carbonyl (C=O) groups is 1. The lowest BCUT2D eigenvalue weighted by molar-refractivity contribution is -0.139. The van der Waals surface area contributed by atoms with E-state index < -0.39 is 28.2 Å². The Kier molecular flexibility index (Phi) is 5.09. The first-order valence-corrected chi connectivity index (χ1v) is 7.25. The summed E-state index contributed by atoms with van der Waals surface area (Å²) in [5.41, 5.74) is -1.16. The Balaban J connectivity index is 2.74. The van der Waals surface area contributed by atoms with Crippen LogP contribution < -0.4 is 9.46 Å². The molecule has 0 aromatic heterocycles. The molecule has 0 unspecified atom stereocenters. The SMILES string of the molecule is CC(C)(O)CNS(=O)(=O)c1ccc(OCC(=O)O)cc1. The van der Waals surface area contributed by atoms with Crippen LogP contribution in [0.1, 0.15) is 13.8 Å². The molecule has 0 saturated heterocycles. The van der Waals surface area contributed by atoms with Crippen LogP contribution in [0.4, 0.5) is 0 Å². The highest BCUT2D eigenvalue weighted by atomic mass is 32.2. The molecule has 3 N–H and O–H groups in total. The van der Waals surface area contributed by atoms with Crippen molar-refractivity contribution in [3.05, 3.63) is 24.3 Å². The van der Waals surface area contributed by atoms with Crippen molar-refractivity contribution in [2.75, 3.05) is 13.2 Å². The van der Waals surface area contributed by atoms with Gasteiger partial charge >= 0.3 is 5.97 Å². The van der Waals surface area contributed by atoms with Crippen LogP contribution in [-0.4, -0.2) is 43.4 Å². The first kappa shape index (κ1) is 16.4. The molecule has 20 heavy (non-hydrogen) atoms. The van der Waals surface area contributed by atoms with Gasteiger partial charge in [0.1, 0.15) is 5.75 Å². The molecule has 0 amide bonds. The second kappa shape index (κ2) is 6.21. The second-order valence-electron chi connectivity index (χ2n) is 4.79. The van der Waals surface area contributed by atoms with E-state index in [1.807, 2.05) is 0 Å². The molecule has 0 saturated carbocycles. The standard InChI is InChI=1S/C12H17NO6S/c1-12(2,16)8-13-20(17,18)10-5-3-9(4-6-10)19-7-11(14)15/h3-6,13,16H,7-8H2,1-2H3,(H,14,15). The maximum Gasteiger partial charge on any atom is 0.341 e. The van der Waals surface area contributed by atoms with Gasteiger partial charge in [-0.1, -0.05) is 0 Å². The lowest BCUT2D eigenvalue weighted by Gasteiger charge is -2.17. The first-order valence-electron chi connectivity index (χ1n) is 5.77. The third kappa shape index (κ3) is 5.55. The normalized spacial score (nSPS) is 12.2. The molecule has 0 fully saturated rings. The van der Waals surface area contributed by atoms with Crippen LogP contribution in [0.5, 0.6) is 5.75 Å². The molecule has 0 spiro atoms. The molecular formula is C12H17NO6S. The predicted molar refractivity (Wildman–Crippen MR) is 71.1 cm³/mol. The average Bonchev–Trinajstić information content (AvgIpc) is 2.34. The van der Waals surface area contributed by atoms with Crippen LogP contribution in [0.3, 0.4) is 0 Å². The maximum atomic E-state index is 11.9. The zero-order valence-corrected chi connectivity index (χ0v) is 12.0. The van der Waals surface area contributed by atoms with Gasteiger partial charge in [0.15, 0.2) is 6.61 Å². The lowest BCUT2D eigenvalue weighted by atomic mass is 10.1. The molecule has 8 heteroatoms. The molecule has 0 radical (unpaired) electrons. The van der Waals surface area contributed by atoms with Gasteiger partial charge in [-0.2, -0.15) is 0 Å². The van der Waals surface area contributed by atoms with Gasteiger partial charge in [-0.25, -0.2) is 17.9 Å². The van der Waals surface area contributed by atoms with Crippen LogP contribution in [-0.2, 0) is 14.8 Å². The zero-order valence-electron chi connectivity index (χ0n) is 11.2. The number of ether oxygens (including phenoxy) is 1. The minimum atomic E-state index is -3.72. The smallest absolute Gasteiger partial charge is 0.341 e. The number of nitrogens with one attached hydrogen (secondary N) is 1. The van der Waals surface area contributed by atoms with Crippen molar-refractivity contribution in [3.63, 3.8) is 0 Å². The number of rotatable bonds is 7. The number of aliphatic carboxylic acids is 1. The summed E-state index contributed by atoms with van der Waals surface area (Å²) in [4.78, 5) is 10.3. The van der Waals surface area contributed by atoms with Crippen LogP contribution in [0.25, 0.3) is 0 Å². The van der Waals surface area contributed by atoms with E-state index >= 15 is 0 Å². The second-order valence-corrected chi connectivity index (χ2v) is 6.56. The van der Waals surface area contributed by atoms with E-state index in [1.165, 1.54) is 38.1 Å². The van der Waals surface area contributed by atoms with Crippen molar-refractivity contribution in [1.82, 2.24) is 4.72 Å². The summed E-state index contributed by atoms with van der Waals surface area (Å²) in [5, 5.41) is 17.9. The van der Waals surface area contributed by atoms with E-state index in [2.05, 4.69) is 4.72 Å². The number of benzene rings is 1. The quantitative estimate of drug-likeness (QED) is 0.663. The van der Waals surface area contributed by atoms with Crippen LogP contribution >= 0.6 is 0 Å². The van der Waals surface area contributed by atoms with Gasteiger partial charge in [-0.05, 0) is 38.1 Å². The van der Waals surface area contributed by atoms with Gasteiger partial charge in [0.2, 0.25) is 10.0 Å². The number of hydrogen-bond acceptors (Lipinski definition) is 5. The minimum Gasteiger partial charge on any atom is -0.482 e. The summed E-state index contributed by atoms with van der Waals surface area (Å²) in [6.45, 7) is 2.35. The number of aliphatic hydroxyl groups is 1. The molecule has 0 aliphatic rings. The van der Waals surface area contributed by atoms with Crippen molar-refractivity contribution >= 4 is 16.0 Å². The third-order valence-corrected chi connectivity index (χ3v) is 3.61.